The van der Waals surface area contributed by atoms with Gasteiger partial charge in [-0.3, -0.25) is 14.8 Å². The molecule has 2 aromatic heterocycles. The molecule has 1 N–H and O–H groups in total. The number of carbonyl (C=O) groups excluding carboxylic acids is 2. The van der Waals surface area contributed by atoms with Crippen LogP contribution in [0.1, 0.15) is 38.8 Å². The van der Waals surface area contributed by atoms with Crippen molar-refractivity contribution in [2.75, 3.05) is 14.2 Å². The Kier molecular flexibility index (Phi) is 8.58. The van der Waals surface area contributed by atoms with Gasteiger partial charge in [-0.2, -0.15) is 0 Å². The van der Waals surface area contributed by atoms with Gasteiger partial charge < -0.3 is 14.6 Å². The molecule has 42 heavy (non-hydrogen) atoms. The minimum atomic E-state index is -0.886. The molecule has 0 bridgehead atoms. The van der Waals surface area contributed by atoms with Gasteiger partial charge in [0.05, 0.1) is 31.1 Å². The molecular weight excluding hydrogens is 668 g/mol. The Morgan fingerprint density at radius 2 is 1.50 bits per heavy atom. The molecule has 8 nitrogen and oxygen atoms in total. The molecule has 1 aliphatic carbocycles. The number of aliphatic hydroxyl groups excluding tert-OH is 1. The normalized spacial score (nSPS) is 13.5. The SMILES string of the molecule is COC(=O)C1=Cc2ccccc2C(O)c2ncc(Br)cc21.COC(=O)c1cc2ccccc2c(=O)c2ncc(Br)cc12. The van der Waals surface area contributed by atoms with Gasteiger partial charge in [0.1, 0.15) is 11.6 Å². The summed E-state index contributed by atoms with van der Waals surface area (Å²) in [6.45, 7) is 0. The van der Waals surface area contributed by atoms with E-state index < -0.39 is 18.0 Å². The van der Waals surface area contributed by atoms with Crippen LogP contribution in [-0.4, -0.2) is 41.2 Å². The molecule has 210 valence electrons. The Labute approximate surface area is 256 Å². The summed E-state index contributed by atoms with van der Waals surface area (Å²) in [6, 6.07) is 19.6. The van der Waals surface area contributed by atoms with E-state index in [0.29, 0.717) is 48.6 Å². The van der Waals surface area contributed by atoms with Gasteiger partial charge in [0.2, 0.25) is 5.43 Å². The number of benzene rings is 2. The number of halogens is 2. The molecule has 1 unspecified atom stereocenters. The third-order valence-electron chi connectivity index (χ3n) is 6.70. The molecule has 0 radical (unpaired) electrons. The Balaban J connectivity index is 0.000000168. The number of hydrogen-bond donors (Lipinski definition) is 1. The number of hydrogen-bond acceptors (Lipinski definition) is 8. The van der Waals surface area contributed by atoms with Crippen LogP contribution in [0, 0.1) is 0 Å². The van der Waals surface area contributed by atoms with Crippen LogP contribution in [0.3, 0.4) is 0 Å². The zero-order chi connectivity index (χ0) is 30.0. The fourth-order valence-electron chi connectivity index (χ4n) is 4.73. The maximum atomic E-state index is 12.6. The minimum absolute atomic E-state index is 0.205. The largest absolute Gasteiger partial charge is 0.465 e. The van der Waals surface area contributed by atoms with Crippen molar-refractivity contribution in [1.82, 2.24) is 9.97 Å². The van der Waals surface area contributed by atoms with E-state index in [4.69, 9.17) is 9.47 Å². The van der Waals surface area contributed by atoms with E-state index in [2.05, 4.69) is 41.8 Å². The first-order valence-electron chi connectivity index (χ1n) is 12.6. The topological polar surface area (TPSA) is 116 Å². The van der Waals surface area contributed by atoms with Crippen molar-refractivity contribution in [1.29, 1.82) is 0 Å². The summed E-state index contributed by atoms with van der Waals surface area (Å²) in [5, 5.41) is 12.3. The molecule has 0 saturated carbocycles. The molecule has 1 atom stereocenters. The first kappa shape index (κ1) is 29.2. The number of esters is 2. The smallest absolute Gasteiger partial charge is 0.338 e. The summed E-state index contributed by atoms with van der Waals surface area (Å²) in [5.41, 5.74) is 3.25. The second kappa shape index (κ2) is 12.3. The first-order valence-corrected chi connectivity index (χ1v) is 14.1. The van der Waals surface area contributed by atoms with Gasteiger partial charge in [-0.1, -0.05) is 48.5 Å². The van der Waals surface area contributed by atoms with Crippen molar-refractivity contribution in [3.63, 3.8) is 0 Å². The lowest BCUT2D eigenvalue weighted by Crippen LogP contribution is -2.09. The predicted octanol–water partition coefficient (Wildman–Crippen LogP) is 6.25. The van der Waals surface area contributed by atoms with Gasteiger partial charge in [0, 0.05) is 37.7 Å². The number of rotatable bonds is 2. The fourth-order valence-corrected chi connectivity index (χ4v) is 5.39. The van der Waals surface area contributed by atoms with Crippen molar-refractivity contribution < 1.29 is 24.2 Å². The average molecular weight is 690 g/mol. The maximum Gasteiger partial charge on any atom is 0.338 e. The second-order valence-corrected chi connectivity index (χ2v) is 11.0. The summed E-state index contributed by atoms with van der Waals surface area (Å²) in [7, 11) is 2.65. The number of ether oxygens (including phenoxy) is 2. The molecule has 0 spiro atoms. The van der Waals surface area contributed by atoms with Crippen molar-refractivity contribution in [2.24, 2.45) is 0 Å². The molecule has 2 heterocycles. The van der Waals surface area contributed by atoms with Crippen LogP contribution in [-0.2, 0) is 14.3 Å². The molecule has 6 rings (SSSR count). The van der Waals surface area contributed by atoms with Gasteiger partial charge in [0.15, 0.2) is 0 Å². The zero-order valence-corrected chi connectivity index (χ0v) is 25.5. The maximum absolute atomic E-state index is 12.6. The number of fused-ring (bicyclic) bond motifs is 4. The van der Waals surface area contributed by atoms with Gasteiger partial charge in [-0.15, -0.1) is 0 Å². The van der Waals surface area contributed by atoms with Gasteiger partial charge >= 0.3 is 11.9 Å². The average Bonchev–Trinajstić information content (AvgIpc) is 3.21. The molecule has 0 aliphatic heterocycles. The summed E-state index contributed by atoms with van der Waals surface area (Å²) >= 11 is 6.66. The van der Waals surface area contributed by atoms with Crippen LogP contribution >= 0.6 is 31.9 Å². The molecule has 1 aliphatic rings. The number of aromatic nitrogens is 2. The molecule has 3 aromatic carbocycles. The fraction of sp³-hybridized carbons (Fsp3) is 0.0938. The van der Waals surface area contributed by atoms with Crippen LogP contribution < -0.4 is 5.43 Å². The quantitative estimate of drug-likeness (QED) is 0.216. The number of methoxy groups -OCH3 is 2. The highest BCUT2D eigenvalue weighted by Gasteiger charge is 2.27. The van der Waals surface area contributed by atoms with Crippen LogP contribution in [0.25, 0.3) is 33.3 Å². The van der Waals surface area contributed by atoms with Gasteiger partial charge in [-0.25, -0.2) is 9.59 Å². The van der Waals surface area contributed by atoms with Gasteiger partial charge in [0.25, 0.3) is 0 Å². The first-order chi connectivity index (χ1) is 20.2. The molecule has 10 heteroatoms. The number of pyridine rings is 2. The van der Waals surface area contributed by atoms with Crippen LogP contribution in [0.15, 0.2) is 92.9 Å². The number of aliphatic hydroxyl groups is 1. The van der Waals surface area contributed by atoms with Crippen molar-refractivity contribution in [2.45, 2.75) is 6.10 Å². The van der Waals surface area contributed by atoms with E-state index in [9.17, 15) is 19.5 Å². The molecule has 0 fully saturated rings. The van der Waals surface area contributed by atoms with E-state index in [0.717, 1.165) is 10.0 Å². The molecule has 0 amide bonds. The van der Waals surface area contributed by atoms with Crippen molar-refractivity contribution in [3.05, 3.63) is 126 Å². The highest BCUT2D eigenvalue weighted by atomic mass is 79.9. The lowest BCUT2D eigenvalue weighted by Gasteiger charge is -2.14. The van der Waals surface area contributed by atoms with Crippen molar-refractivity contribution in [3.8, 4) is 0 Å². The zero-order valence-electron chi connectivity index (χ0n) is 22.3. The van der Waals surface area contributed by atoms with E-state index in [1.165, 1.54) is 14.2 Å². The third-order valence-corrected chi connectivity index (χ3v) is 7.57. The molecule has 5 aromatic rings. The van der Waals surface area contributed by atoms with Crippen molar-refractivity contribution >= 4 is 77.1 Å². The van der Waals surface area contributed by atoms with E-state index >= 15 is 0 Å². The Bertz CT molecular complexity index is 1980. The van der Waals surface area contributed by atoms with E-state index in [1.54, 1.807) is 54.9 Å². The summed E-state index contributed by atoms with van der Waals surface area (Å²) in [4.78, 5) is 45.3. The standard InChI is InChI=1S/C16H12BrNO3.C16H10BrNO3/c2*1-21-16(20)13-6-9-4-2-3-5-11(9)15(19)14-12(13)7-10(17)8-18-14/h2-8,15,19H,1H3;2-8H,1H3. The Hall–Kier alpha value is -4.25. The molecule has 0 saturated heterocycles. The van der Waals surface area contributed by atoms with Gasteiger partial charge in [-0.05, 0) is 72.6 Å². The second-order valence-electron chi connectivity index (χ2n) is 9.18. The lowest BCUT2D eigenvalue weighted by atomic mass is 10.0. The monoisotopic (exact) mass is 688 g/mol. The Morgan fingerprint density at radius 1 is 0.833 bits per heavy atom. The third kappa shape index (κ3) is 5.61. The summed E-state index contributed by atoms with van der Waals surface area (Å²) in [5.74, 6) is -0.958. The molecular formula is C32H22Br2N2O6. The lowest BCUT2D eigenvalue weighted by molar-refractivity contribution is -0.133. The van der Waals surface area contributed by atoms with Crippen LogP contribution in [0.4, 0.5) is 0 Å². The van der Waals surface area contributed by atoms with Crippen LogP contribution in [0.2, 0.25) is 0 Å². The van der Waals surface area contributed by atoms with Crippen LogP contribution in [0.5, 0.6) is 0 Å². The summed E-state index contributed by atoms with van der Waals surface area (Å²) < 4.78 is 11.1. The number of nitrogens with zero attached hydrogens (tertiary/aromatic N) is 2. The Morgan fingerprint density at radius 3 is 2.26 bits per heavy atom. The number of carbonyl (C=O) groups is 2. The van der Waals surface area contributed by atoms with E-state index in [1.807, 2.05) is 30.3 Å². The highest BCUT2D eigenvalue weighted by Crippen LogP contribution is 2.36. The summed E-state index contributed by atoms with van der Waals surface area (Å²) in [6.07, 6.45) is 3.98. The van der Waals surface area contributed by atoms with E-state index in [-0.39, 0.29) is 10.9 Å². The minimum Gasteiger partial charge on any atom is -0.465 e. The highest BCUT2D eigenvalue weighted by molar-refractivity contribution is 9.10. The predicted molar refractivity (Wildman–Crippen MR) is 167 cm³/mol.